The van der Waals surface area contributed by atoms with Gasteiger partial charge in [-0.2, -0.15) is 0 Å². The second-order valence-electron chi connectivity index (χ2n) is 7.14. The zero-order valence-electron chi connectivity index (χ0n) is 13.4. The summed E-state index contributed by atoms with van der Waals surface area (Å²) in [5, 5.41) is 12.7. The highest BCUT2D eigenvalue weighted by atomic mass is 16.4. The number of carbonyl (C=O) groups is 1. The van der Waals surface area contributed by atoms with Gasteiger partial charge in [-0.25, -0.2) is 0 Å². The number of hydrogen-bond acceptors (Lipinski definition) is 3. The van der Waals surface area contributed by atoms with Gasteiger partial charge in [0.2, 0.25) is 0 Å². The molecule has 0 aromatic carbocycles. The first-order valence-corrected chi connectivity index (χ1v) is 8.07. The number of rotatable bonds is 3. The van der Waals surface area contributed by atoms with E-state index in [0.717, 1.165) is 38.1 Å². The Hall–Kier alpha value is -0.610. The van der Waals surface area contributed by atoms with E-state index in [0.29, 0.717) is 18.0 Å². The van der Waals surface area contributed by atoms with Crippen LogP contribution in [-0.4, -0.2) is 47.2 Å². The summed E-state index contributed by atoms with van der Waals surface area (Å²) < 4.78 is 0. The fraction of sp³-hybridized carbons (Fsp3) is 0.938. The first kappa shape index (κ1) is 15.8. The molecule has 1 saturated heterocycles. The van der Waals surface area contributed by atoms with E-state index in [4.69, 9.17) is 0 Å². The Kier molecular flexibility index (Phi) is 4.75. The standard InChI is InChI=1S/C16H30N2O2/c1-11-8-12(2)13(3)18(10-11)14-6-5-7-16(9-14,17-4)15(19)20/h11-14,17H,5-10H2,1-4H3,(H,19,20). The Bertz CT molecular complexity index is 360. The van der Waals surface area contributed by atoms with E-state index >= 15 is 0 Å². The highest BCUT2D eigenvalue weighted by Crippen LogP contribution is 2.36. The van der Waals surface area contributed by atoms with Crippen LogP contribution in [0.4, 0.5) is 0 Å². The second-order valence-corrected chi connectivity index (χ2v) is 7.14. The molecule has 0 radical (unpaired) electrons. The highest BCUT2D eigenvalue weighted by Gasteiger charge is 2.45. The quantitative estimate of drug-likeness (QED) is 0.834. The van der Waals surface area contributed by atoms with Crippen LogP contribution < -0.4 is 5.32 Å². The number of hydrogen-bond donors (Lipinski definition) is 2. The van der Waals surface area contributed by atoms with Crippen molar-refractivity contribution in [1.29, 1.82) is 0 Å². The lowest BCUT2D eigenvalue weighted by atomic mass is 9.76. The van der Waals surface area contributed by atoms with Gasteiger partial charge in [-0.15, -0.1) is 0 Å². The van der Waals surface area contributed by atoms with Gasteiger partial charge in [-0.3, -0.25) is 9.69 Å². The maximum atomic E-state index is 11.7. The van der Waals surface area contributed by atoms with Gasteiger partial charge in [0.05, 0.1) is 0 Å². The maximum Gasteiger partial charge on any atom is 0.323 e. The normalized spacial score (nSPS) is 43.4. The lowest BCUT2D eigenvalue weighted by Crippen LogP contribution is -2.60. The van der Waals surface area contributed by atoms with Gasteiger partial charge in [-0.1, -0.05) is 13.8 Å². The van der Waals surface area contributed by atoms with Crippen LogP contribution >= 0.6 is 0 Å². The first-order chi connectivity index (χ1) is 9.39. The van der Waals surface area contributed by atoms with Crippen molar-refractivity contribution in [3.8, 4) is 0 Å². The summed E-state index contributed by atoms with van der Waals surface area (Å²) in [4.78, 5) is 14.3. The van der Waals surface area contributed by atoms with Crippen LogP contribution in [0, 0.1) is 11.8 Å². The van der Waals surface area contributed by atoms with Gasteiger partial charge in [0.1, 0.15) is 5.54 Å². The third kappa shape index (κ3) is 2.86. The number of likely N-dealkylation sites (N-methyl/N-ethyl adjacent to an activating group) is 1. The highest BCUT2D eigenvalue weighted by molar-refractivity contribution is 5.79. The molecule has 1 aliphatic carbocycles. The number of nitrogens with one attached hydrogen (secondary N) is 1. The van der Waals surface area contributed by atoms with Gasteiger partial charge >= 0.3 is 5.97 Å². The lowest BCUT2D eigenvalue weighted by molar-refractivity contribution is -0.147. The molecule has 0 aromatic heterocycles. The third-order valence-electron chi connectivity index (χ3n) is 5.73. The molecule has 1 aliphatic heterocycles. The molecular formula is C16H30N2O2. The van der Waals surface area contributed by atoms with Gasteiger partial charge < -0.3 is 10.4 Å². The molecule has 0 spiro atoms. The molecule has 2 rings (SSSR count). The van der Waals surface area contributed by atoms with Gasteiger partial charge in [0.25, 0.3) is 0 Å². The van der Waals surface area contributed by atoms with Crippen LogP contribution in [0.15, 0.2) is 0 Å². The van der Waals surface area contributed by atoms with E-state index in [1.54, 1.807) is 7.05 Å². The molecule has 1 heterocycles. The van der Waals surface area contributed by atoms with Crippen molar-refractivity contribution in [2.45, 2.75) is 70.5 Å². The SMILES string of the molecule is CNC1(C(=O)O)CCCC(N2CC(C)CC(C)C2C)C1. The molecule has 116 valence electrons. The molecule has 0 aromatic rings. The molecule has 4 nitrogen and oxygen atoms in total. The van der Waals surface area contributed by atoms with Crippen molar-refractivity contribution in [2.24, 2.45) is 11.8 Å². The predicted octanol–water partition coefficient (Wildman–Crippen LogP) is 2.34. The largest absolute Gasteiger partial charge is 0.480 e. The molecule has 5 atom stereocenters. The fourth-order valence-corrected chi connectivity index (χ4v) is 4.30. The van der Waals surface area contributed by atoms with E-state index in [-0.39, 0.29) is 0 Å². The van der Waals surface area contributed by atoms with Crippen molar-refractivity contribution in [2.75, 3.05) is 13.6 Å². The number of likely N-dealkylation sites (tertiary alicyclic amines) is 1. The summed E-state index contributed by atoms with van der Waals surface area (Å²) in [7, 11) is 1.79. The zero-order chi connectivity index (χ0) is 14.9. The molecule has 0 bridgehead atoms. The smallest absolute Gasteiger partial charge is 0.323 e. The molecule has 2 fully saturated rings. The Labute approximate surface area is 122 Å². The minimum atomic E-state index is -0.716. The minimum absolute atomic E-state index is 0.410. The van der Waals surface area contributed by atoms with Gasteiger partial charge in [0, 0.05) is 18.6 Å². The Morgan fingerprint density at radius 1 is 1.35 bits per heavy atom. The molecule has 20 heavy (non-hydrogen) atoms. The van der Waals surface area contributed by atoms with Crippen LogP contribution in [0.25, 0.3) is 0 Å². The Morgan fingerprint density at radius 3 is 2.65 bits per heavy atom. The molecular weight excluding hydrogens is 252 g/mol. The van der Waals surface area contributed by atoms with E-state index in [2.05, 4.69) is 31.0 Å². The van der Waals surface area contributed by atoms with Crippen molar-refractivity contribution in [3.63, 3.8) is 0 Å². The minimum Gasteiger partial charge on any atom is -0.480 e. The number of carboxylic acids is 1. The van der Waals surface area contributed by atoms with Gasteiger partial charge in [0.15, 0.2) is 0 Å². The van der Waals surface area contributed by atoms with E-state index in [9.17, 15) is 9.90 Å². The third-order valence-corrected chi connectivity index (χ3v) is 5.73. The number of aliphatic carboxylic acids is 1. The fourth-order valence-electron chi connectivity index (χ4n) is 4.30. The summed E-state index contributed by atoms with van der Waals surface area (Å²) in [6.45, 7) is 8.09. The molecule has 2 aliphatic rings. The van der Waals surface area contributed by atoms with Crippen LogP contribution in [0.3, 0.4) is 0 Å². The zero-order valence-corrected chi connectivity index (χ0v) is 13.4. The maximum absolute atomic E-state index is 11.7. The Morgan fingerprint density at radius 2 is 2.05 bits per heavy atom. The van der Waals surface area contributed by atoms with Crippen LogP contribution in [0.1, 0.15) is 52.9 Å². The number of nitrogens with zero attached hydrogens (tertiary/aromatic N) is 1. The van der Waals surface area contributed by atoms with Crippen LogP contribution in [0.5, 0.6) is 0 Å². The predicted molar refractivity (Wildman–Crippen MR) is 80.8 cm³/mol. The second kappa shape index (κ2) is 6.02. The molecule has 4 heteroatoms. The van der Waals surface area contributed by atoms with E-state index in [1.807, 2.05) is 0 Å². The first-order valence-electron chi connectivity index (χ1n) is 8.07. The number of piperidine rings is 1. The van der Waals surface area contributed by atoms with Crippen molar-refractivity contribution in [1.82, 2.24) is 10.2 Å². The number of carboxylic acid groups (broad SMARTS) is 1. The molecule has 5 unspecified atom stereocenters. The van der Waals surface area contributed by atoms with Gasteiger partial charge in [-0.05, 0) is 57.9 Å². The summed E-state index contributed by atoms with van der Waals surface area (Å²) in [5.41, 5.74) is -0.716. The van der Waals surface area contributed by atoms with E-state index in [1.165, 1.54) is 6.42 Å². The average molecular weight is 282 g/mol. The summed E-state index contributed by atoms with van der Waals surface area (Å²) >= 11 is 0. The average Bonchev–Trinajstić information content (AvgIpc) is 2.42. The van der Waals surface area contributed by atoms with Crippen molar-refractivity contribution in [3.05, 3.63) is 0 Å². The van der Waals surface area contributed by atoms with Crippen molar-refractivity contribution >= 4 is 5.97 Å². The van der Waals surface area contributed by atoms with Crippen molar-refractivity contribution < 1.29 is 9.90 Å². The summed E-state index contributed by atoms with van der Waals surface area (Å²) in [6.07, 6.45) is 4.93. The summed E-state index contributed by atoms with van der Waals surface area (Å²) in [5.74, 6) is 0.738. The van der Waals surface area contributed by atoms with Crippen LogP contribution in [-0.2, 0) is 4.79 Å². The van der Waals surface area contributed by atoms with Crippen LogP contribution in [0.2, 0.25) is 0 Å². The molecule has 0 amide bonds. The Balaban J connectivity index is 2.13. The summed E-state index contributed by atoms with van der Waals surface area (Å²) in [6, 6.07) is 0.977. The lowest BCUT2D eigenvalue weighted by Gasteiger charge is -2.49. The molecule has 2 N–H and O–H groups in total. The van der Waals surface area contributed by atoms with E-state index < -0.39 is 11.5 Å². The topological polar surface area (TPSA) is 52.6 Å². The molecule has 1 saturated carbocycles. The monoisotopic (exact) mass is 282 g/mol.